The second kappa shape index (κ2) is 10.4. The zero-order valence-electron chi connectivity index (χ0n) is 11.0. The maximum atomic E-state index is 11.7. The number of carbonyl (C=O) groups is 2. The van der Waals surface area contributed by atoms with Crippen LogP contribution in [0, 0.1) is 5.92 Å². The molecule has 0 aliphatic heterocycles. The van der Waals surface area contributed by atoms with E-state index in [0.29, 0.717) is 19.4 Å². The first kappa shape index (κ1) is 17.4. The Morgan fingerprint density at radius 1 is 1.11 bits per heavy atom. The Morgan fingerprint density at radius 3 is 2.22 bits per heavy atom. The van der Waals surface area contributed by atoms with E-state index in [1.165, 1.54) is 0 Å². The predicted molar refractivity (Wildman–Crippen MR) is 72.2 cm³/mol. The Bertz CT molecular complexity index is 275. The Hall–Kier alpha value is -0.580. The van der Waals surface area contributed by atoms with Crippen LogP contribution in [0.4, 0.5) is 0 Å². The Balaban J connectivity index is 4.46. The van der Waals surface area contributed by atoms with E-state index < -0.39 is 24.8 Å². The molecule has 0 aliphatic rings. The summed E-state index contributed by atoms with van der Waals surface area (Å²) in [6.07, 6.45) is 0.339. The van der Waals surface area contributed by atoms with Crippen LogP contribution in [0.3, 0.4) is 0 Å². The molecule has 0 bridgehead atoms. The van der Waals surface area contributed by atoms with Gasteiger partial charge in [-0.1, -0.05) is 0 Å². The summed E-state index contributed by atoms with van der Waals surface area (Å²) in [4.78, 5) is 23.1. The van der Waals surface area contributed by atoms with E-state index in [2.05, 4.69) is 0 Å². The average molecular weight is 295 g/mol. The number of rotatable bonds is 9. The number of hydrogen-bond acceptors (Lipinski definition) is 6. The normalized spacial score (nSPS) is 12.7. The van der Waals surface area contributed by atoms with Gasteiger partial charge in [0.1, 0.15) is 5.92 Å². The molecule has 0 spiro atoms. The van der Waals surface area contributed by atoms with Gasteiger partial charge in [0.2, 0.25) is 0 Å². The highest BCUT2D eigenvalue weighted by Crippen LogP contribution is 2.28. The third-order valence-electron chi connectivity index (χ3n) is 1.98. The summed E-state index contributed by atoms with van der Waals surface area (Å²) >= 11 is 5.12. The summed E-state index contributed by atoms with van der Waals surface area (Å²) in [5.41, 5.74) is 0. The minimum atomic E-state index is -1.13. The lowest BCUT2D eigenvalue weighted by Gasteiger charge is -2.10. The first-order chi connectivity index (χ1) is 8.54. The Labute approximate surface area is 114 Å². The second-order valence-corrected chi connectivity index (χ2v) is 5.90. The summed E-state index contributed by atoms with van der Waals surface area (Å²) in [5.74, 6) is -1.40. The molecule has 0 saturated heterocycles. The first-order valence-electron chi connectivity index (χ1n) is 5.94. The molecule has 0 fully saturated rings. The van der Waals surface area contributed by atoms with Gasteiger partial charge in [0.05, 0.1) is 26.2 Å². The minimum Gasteiger partial charge on any atom is -0.466 e. The third kappa shape index (κ3) is 7.69. The molecule has 104 valence electrons. The lowest BCUT2D eigenvalue weighted by atomic mass is 10.1. The monoisotopic (exact) mass is 295 g/mol. The summed E-state index contributed by atoms with van der Waals surface area (Å²) in [5, 5.41) is 0. The molecule has 18 heavy (non-hydrogen) atoms. The van der Waals surface area contributed by atoms with E-state index in [9.17, 15) is 9.59 Å². The lowest BCUT2D eigenvalue weighted by molar-refractivity contribution is -0.153. The van der Waals surface area contributed by atoms with Crippen molar-refractivity contribution in [2.45, 2.75) is 27.2 Å². The van der Waals surface area contributed by atoms with Crippen LogP contribution < -0.4 is 0 Å². The molecule has 0 rings (SSSR count). The number of carbonyl (C=O) groups excluding carboxylic acids is 2. The van der Waals surface area contributed by atoms with Crippen molar-refractivity contribution in [3.63, 3.8) is 0 Å². The van der Waals surface area contributed by atoms with E-state index in [-0.39, 0.29) is 13.0 Å². The van der Waals surface area contributed by atoms with Gasteiger partial charge in [-0.25, -0.2) is 0 Å². The highest BCUT2D eigenvalue weighted by atomic mass is 32.4. The molecular formula is C11H20O5PS+. The topological polar surface area (TPSA) is 61.8 Å². The molecule has 0 amide bonds. The molecule has 0 saturated carbocycles. The highest BCUT2D eigenvalue weighted by molar-refractivity contribution is 8.02. The third-order valence-corrected chi connectivity index (χ3v) is 4.03. The molecular weight excluding hydrogens is 275 g/mol. The van der Waals surface area contributed by atoms with E-state index in [1.54, 1.807) is 13.8 Å². The Kier molecular flexibility index (Phi) is 10.0. The standard InChI is InChI=1S/C11H20O5PS/c1-4-14-10(12)7-9(11(13)15-5-2)8-17(18)16-6-3/h9H,4-8H2,1-3H3/q+1. The van der Waals surface area contributed by atoms with E-state index in [0.717, 1.165) is 0 Å². The van der Waals surface area contributed by atoms with Crippen LogP contribution in [0.25, 0.3) is 0 Å². The fraction of sp³-hybridized carbons (Fsp3) is 0.818. The average Bonchev–Trinajstić information content (AvgIpc) is 2.29. The van der Waals surface area contributed by atoms with Crippen LogP contribution in [0.15, 0.2) is 0 Å². The quantitative estimate of drug-likeness (QED) is 0.479. The van der Waals surface area contributed by atoms with Gasteiger partial charge in [0.25, 0.3) is 0 Å². The smallest absolute Gasteiger partial charge is 0.338 e. The van der Waals surface area contributed by atoms with Crippen molar-refractivity contribution in [2.24, 2.45) is 5.92 Å². The van der Waals surface area contributed by atoms with E-state index in [4.69, 9.17) is 25.8 Å². The fourth-order valence-electron chi connectivity index (χ4n) is 1.28. The van der Waals surface area contributed by atoms with Crippen molar-refractivity contribution < 1.29 is 23.6 Å². The van der Waals surface area contributed by atoms with Gasteiger partial charge in [-0.2, -0.15) is 4.52 Å². The summed E-state index contributed by atoms with van der Waals surface area (Å²) < 4.78 is 15.0. The van der Waals surface area contributed by atoms with Crippen molar-refractivity contribution >= 4 is 30.7 Å². The van der Waals surface area contributed by atoms with Crippen molar-refractivity contribution in [3.05, 3.63) is 0 Å². The zero-order chi connectivity index (χ0) is 14.0. The molecule has 0 heterocycles. The highest BCUT2D eigenvalue weighted by Gasteiger charge is 2.31. The molecule has 0 aromatic carbocycles. The second-order valence-electron chi connectivity index (χ2n) is 3.39. The van der Waals surface area contributed by atoms with Crippen molar-refractivity contribution in [2.75, 3.05) is 26.0 Å². The molecule has 0 aliphatic carbocycles. The summed E-state index contributed by atoms with van der Waals surface area (Å²) in [7, 11) is 0. The maximum Gasteiger partial charge on any atom is 0.338 e. The number of esters is 2. The van der Waals surface area contributed by atoms with Crippen LogP contribution >= 0.6 is 6.92 Å². The maximum absolute atomic E-state index is 11.7. The van der Waals surface area contributed by atoms with Crippen molar-refractivity contribution in [3.8, 4) is 0 Å². The van der Waals surface area contributed by atoms with Crippen LogP contribution in [0.1, 0.15) is 27.2 Å². The molecule has 0 aromatic heterocycles. The fourth-order valence-corrected chi connectivity index (χ4v) is 3.17. The van der Waals surface area contributed by atoms with Crippen molar-refractivity contribution in [1.82, 2.24) is 0 Å². The van der Waals surface area contributed by atoms with Gasteiger partial charge >= 0.3 is 18.9 Å². The lowest BCUT2D eigenvalue weighted by Crippen LogP contribution is -2.24. The van der Waals surface area contributed by atoms with Crippen LogP contribution in [-0.2, 0) is 35.4 Å². The molecule has 2 unspecified atom stereocenters. The first-order valence-corrected chi connectivity index (χ1v) is 8.40. The minimum absolute atomic E-state index is 0.00474. The summed E-state index contributed by atoms with van der Waals surface area (Å²) in [6, 6.07) is 0. The molecule has 2 atom stereocenters. The number of hydrogen-bond donors (Lipinski definition) is 0. The molecule has 5 nitrogen and oxygen atoms in total. The molecule has 7 heteroatoms. The molecule has 0 aromatic rings. The summed E-state index contributed by atoms with van der Waals surface area (Å²) in [6.45, 7) is 5.23. The van der Waals surface area contributed by atoms with Crippen molar-refractivity contribution in [1.29, 1.82) is 0 Å². The Morgan fingerprint density at radius 2 is 1.72 bits per heavy atom. The zero-order valence-corrected chi connectivity index (χ0v) is 12.7. The molecule has 0 N–H and O–H groups in total. The van der Waals surface area contributed by atoms with Crippen LogP contribution in [-0.4, -0.2) is 37.9 Å². The largest absolute Gasteiger partial charge is 0.466 e. The van der Waals surface area contributed by atoms with Gasteiger partial charge < -0.3 is 9.47 Å². The van der Waals surface area contributed by atoms with Gasteiger partial charge in [-0.15, -0.1) is 0 Å². The number of ether oxygens (including phenoxy) is 2. The van der Waals surface area contributed by atoms with Gasteiger partial charge in [-0.05, 0) is 20.8 Å². The molecule has 0 radical (unpaired) electrons. The van der Waals surface area contributed by atoms with Gasteiger partial charge in [0.15, 0.2) is 18.0 Å². The van der Waals surface area contributed by atoms with Gasteiger partial charge in [-0.3, -0.25) is 9.59 Å². The SMILES string of the molecule is CCOC(=O)CC(C[P+](=S)OCC)C(=O)OCC. The van der Waals surface area contributed by atoms with Crippen LogP contribution in [0.2, 0.25) is 0 Å². The van der Waals surface area contributed by atoms with Crippen LogP contribution in [0.5, 0.6) is 0 Å². The predicted octanol–water partition coefficient (Wildman–Crippen LogP) is 2.01. The van der Waals surface area contributed by atoms with E-state index in [1.807, 2.05) is 6.92 Å². The van der Waals surface area contributed by atoms with Gasteiger partial charge in [0, 0.05) is 0 Å². The van der Waals surface area contributed by atoms with E-state index >= 15 is 0 Å².